The van der Waals surface area contributed by atoms with Crippen LogP contribution in [-0.4, -0.2) is 26.4 Å². The van der Waals surface area contributed by atoms with Gasteiger partial charge in [0.1, 0.15) is 0 Å². The lowest BCUT2D eigenvalue weighted by molar-refractivity contribution is 0.174. The first-order valence-electron chi connectivity index (χ1n) is 6.16. The third-order valence-electron chi connectivity index (χ3n) is 3.11. The molecule has 0 aromatic heterocycles. The molecule has 4 heteroatoms. The number of nitrogens with zero attached hydrogens (tertiary/aromatic N) is 1. The Morgan fingerprint density at radius 1 is 1.29 bits per heavy atom. The van der Waals surface area contributed by atoms with Gasteiger partial charge < -0.3 is 19.7 Å². The molecule has 3 rings (SSSR count). The number of nitrogens with one attached hydrogen (secondary N) is 1. The molecule has 1 N–H and O–H groups in total. The van der Waals surface area contributed by atoms with Crippen LogP contribution in [0.2, 0.25) is 0 Å². The molecule has 2 aliphatic rings. The average molecular weight is 234 g/mol. The summed E-state index contributed by atoms with van der Waals surface area (Å²) < 4.78 is 10.8. The van der Waals surface area contributed by atoms with Gasteiger partial charge in [-0.25, -0.2) is 0 Å². The van der Waals surface area contributed by atoms with Gasteiger partial charge >= 0.3 is 0 Å². The largest absolute Gasteiger partial charge is 0.454 e. The summed E-state index contributed by atoms with van der Waals surface area (Å²) >= 11 is 0. The van der Waals surface area contributed by atoms with Crippen molar-refractivity contribution >= 4 is 11.4 Å². The van der Waals surface area contributed by atoms with E-state index < -0.39 is 0 Å². The Balaban J connectivity index is 1.96. The van der Waals surface area contributed by atoms with Crippen molar-refractivity contribution in [2.75, 3.05) is 36.6 Å². The molecule has 2 aliphatic heterocycles. The standard InChI is InChI=1S/C13H18N2O2/c1-9(2)7-15-4-3-14-10-5-12-13(6-11(10)15)17-8-16-12/h5-6,9,14H,3-4,7-8H2,1-2H3. The molecule has 92 valence electrons. The number of benzene rings is 1. The quantitative estimate of drug-likeness (QED) is 0.851. The summed E-state index contributed by atoms with van der Waals surface area (Å²) in [7, 11) is 0. The van der Waals surface area contributed by atoms with Gasteiger partial charge in [-0.1, -0.05) is 13.8 Å². The molecule has 0 saturated carbocycles. The second-order valence-corrected chi connectivity index (χ2v) is 4.99. The number of hydrogen-bond acceptors (Lipinski definition) is 4. The van der Waals surface area contributed by atoms with Gasteiger partial charge in [0.2, 0.25) is 6.79 Å². The molecule has 0 radical (unpaired) electrons. The van der Waals surface area contributed by atoms with Gasteiger partial charge in [-0.15, -0.1) is 0 Å². The Kier molecular flexibility index (Phi) is 2.50. The van der Waals surface area contributed by atoms with Crippen LogP contribution in [0.25, 0.3) is 0 Å². The number of fused-ring (bicyclic) bond motifs is 2. The maximum absolute atomic E-state index is 5.44. The van der Waals surface area contributed by atoms with Gasteiger partial charge in [-0.2, -0.15) is 0 Å². The van der Waals surface area contributed by atoms with Gasteiger partial charge in [0.25, 0.3) is 0 Å². The summed E-state index contributed by atoms with van der Waals surface area (Å²) in [5, 5.41) is 3.42. The van der Waals surface area contributed by atoms with E-state index in [4.69, 9.17) is 9.47 Å². The monoisotopic (exact) mass is 234 g/mol. The normalized spacial score (nSPS) is 17.0. The lowest BCUT2D eigenvalue weighted by atomic mass is 10.1. The Bertz CT molecular complexity index is 432. The summed E-state index contributed by atoms with van der Waals surface area (Å²) in [6.07, 6.45) is 0. The zero-order valence-corrected chi connectivity index (χ0v) is 10.3. The van der Waals surface area contributed by atoms with E-state index in [-0.39, 0.29) is 0 Å². The molecule has 2 heterocycles. The third kappa shape index (κ3) is 1.88. The van der Waals surface area contributed by atoms with Crippen LogP contribution in [0.1, 0.15) is 13.8 Å². The predicted octanol–water partition coefficient (Wildman–Crippen LogP) is 2.30. The summed E-state index contributed by atoms with van der Waals surface area (Å²) in [6.45, 7) is 7.93. The van der Waals surface area contributed by atoms with Gasteiger partial charge in [-0.3, -0.25) is 0 Å². The van der Waals surface area contributed by atoms with Crippen molar-refractivity contribution in [2.24, 2.45) is 5.92 Å². The Morgan fingerprint density at radius 3 is 2.82 bits per heavy atom. The van der Waals surface area contributed by atoms with Crippen LogP contribution >= 0.6 is 0 Å². The van der Waals surface area contributed by atoms with Crippen LogP contribution in [0.5, 0.6) is 11.5 Å². The van der Waals surface area contributed by atoms with E-state index in [1.165, 1.54) is 5.69 Å². The smallest absolute Gasteiger partial charge is 0.231 e. The predicted molar refractivity (Wildman–Crippen MR) is 68.1 cm³/mol. The van der Waals surface area contributed by atoms with E-state index in [9.17, 15) is 0 Å². The molecule has 1 aromatic rings. The van der Waals surface area contributed by atoms with Crippen molar-refractivity contribution in [1.82, 2.24) is 0 Å². The second-order valence-electron chi connectivity index (χ2n) is 4.99. The summed E-state index contributed by atoms with van der Waals surface area (Å²) in [4.78, 5) is 2.42. The number of ether oxygens (including phenoxy) is 2. The van der Waals surface area contributed by atoms with Gasteiger partial charge in [-0.05, 0) is 5.92 Å². The molecule has 1 aromatic carbocycles. The van der Waals surface area contributed by atoms with E-state index in [0.717, 1.165) is 36.8 Å². The van der Waals surface area contributed by atoms with E-state index >= 15 is 0 Å². The van der Waals surface area contributed by atoms with Crippen molar-refractivity contribution in [3.05, 3.63) is 12.1 Å². The maximum Gasteiger partial charge on any atom is 0.231 e. The average Bonchev–Trinajstić information content (AvgIpc) is 2.73. The zero-order valence-electron chi connectivity index (χ0n) is 10.3. The van der Waals surface area contributed by atoms with Crippen molar-refractivity contribution in [3.63, 3.8) is 0 Å². The van der Waals surface area contributed by atoms with Gasteiger partial charge in [0, 0.05) is 31.8 Å². The minimum absolute atomic E-state index is 0.336. The fourth-order valence-electron chi connectivity index (χ4n) is 2.41. The second kappa shape index (κ2) is 4.02. The molecule has 0 fully saturated rings. The van der Waals surface area contributed by atoms with Gasteiger partial charge in [0.05, 0.1) is 11.4 Å². The van der Waals surface area contributed by atoms with E-state index in [1.807, 2.05) is 6.07 Å². The van der Waals surface area contributed by atoms with Crippen molar-refractivity contribution in [2.45, 2.75) is 13.8 Å². The van der Waals surface area contributed by atoms with Crippen LogP contribution in [0.4, 0.5) is 11.4 Å². The molecule has 0 unspecified atom stereocenters. The van der Waals surface area contributed by atoms with Crippen LogP contribution in [0.15, 0.2) is 12.1 Å². The zero-order chi connectivity index (χ0) is 11.8. The Labute approximate surface area is 102 Å². The first-order valence-corrected chi connectivity index (χ1v) is 6.16. The number of rotatable bonds is 2. The molecule has 4 nitrogen and oxygen atoms in total. The lowest BCUT2D eigenvalue weighted by Crippen LogP contribution is -2.36. The van der Waals surface area contributed by atoms with E-state index in [2.05, 4.69) is 30.1 Å². The molecule has 0 atom stereocenters. The van der Waals surface area contributed by atoms with Crippen LogP contribution in [0.3, 0.4) is 0 Å². The molecular weight excluding hydrogens is 216 g/mol. The van der Waals surface area contributed by atoms with E-state index in [0.29, 0.717) is 12.7 Å². The molecule has 0 saturated heterocycles. The highest BCUT2D eigenvalue weighted by molar-refractivity contribution is 5.77. The molecule has 0 bridgehead atoms. The molecule has 0 spiro atoms. The Hall–Kier alpha value is -1.58. The minimum atomic E-state index is 0.336. The lowest BCUT2D eigenvalue weighted by Gasteiger charge is -2.33. The summed E-state index contributed by atoms with van der Waals surface area (Å²) in [5.74, 6) is 2.37. The first-order chi connectivity index (χ1) is 8.24. The molecular formula is C13H18N2O2. The number of hydrogen-bond donors (Lipinski definition) is 1. The third-order valence-corrected chi connectivity index (χ3v) is 3.11. The fourth-order valence-corrected chi connectivity index (χ4v) is 2.41. The summed E-state index contributed by atoms with van der Waals surface area (Å²) in [6, 6.07) is 4.14. The molecule has 0 amide bonds. The van der Waals surface area contributed by atoms with Crippen LogP contribution < -0.4 is 19.7 Å². The maximum atomic E-state index is 5.44. The van der Waals surface area contributed by atoms with Crippen molar-refractivity contribution in [3.8, 4) is 11.5 Å². The highest BCUT2D eigenvalue weighted by Gasteiger charge is 2.23. The molecule has 17 heavy (non-hydrogen) atoms. The topological polar surface area (TPSA) is 33.7 Å². The minimum Gasteiger partial charge on any atom is -0.454 e. The first kappa shape index (κ1) is 10.6. The number of anilines is 2. The SMILES string of the molecule is CC(C)CN1CCNc2cc3c(cc21)OCO3. The van der Waals surface area contributed by atoms with Crippen molar-refractivity contribution in [1.29, 1.82) is 0 Å². The summed E-state index contributed by atoms with van der Waals surface area (Å²) in [5.41, 5.74) is 2.38. The Morgan fingerprint density at radius 2 is 2.06 bits per heavy atom. The van der Waals surface area contributed by atoms with E-state index in [1.54, 1.807) is 0 Å². The molecule has 0 aliphatic carbocycles. The fraction of sp³-hybridized carbons (Fsp3) is 0.538. The van der Waals surface area contributed by atoms with Gasteiger partial charge in [0.15, 0.2) is 11.5 Å². The highest BCUT2D eigenvalue weighted by Crippen LogP contribution is 2.42. The van der Waals surface area contributed by atoms with Crippen molar-refractivity contribution < 1.29 is 9.47 Å². The van der Waals surface area contributed by atoms with Crippen LogP contribution in [0, 0.1) is 5.92 Å². The highest BCUT2D eigenvalue weighted by atomic mass is 16.7. The van der Waals surface area contributed by atoms with Crippen LogP contribution in [-0.2, 0) is 0 Å².